The monoisotopic (exact) mass is 342 g/mol. The number of fused-ring (bicyclic) bond motifs is 1. The lowest BCUT2D eigenvalue weighted by Crippen LogP contribution is -2.67. The second kappa shape index (κ2) is 7.36. The number of hydrogen-bond donors (Lipinski definition) is 1. The molecule has 0 bridgehead atoms. The summed E-state index contributed by atoms with van der Waals surface area (Å²) in [4.78, 5) is 8.13. The molecule has 0 radical (unpaired) electrons. The predicted molar refractivity (Wildman–Crippen MR) is 104 cm³/mol. The zero-order valence-electron chi connectivity index (χ0n) is 15.7. The van der Waals surface area contributed by atoms with Crippen LogP contribution in [0.4, 0.5) is 0 Å². The average Bonchev–Trinajstić information content (AvgIpc) is 3.10. The lowest BCUT2D eigenvalue weighted by Gasteiger charge is -2.55. The first-order valence-corrected chi connectivity index (χ1v) is 10.2. The molecule has 3 fully saturated rings. The Hall–Kier alpha value is -0.940. The largest absolute Gasteiger partial charge is 0.329 e. The van der Waals surface area contributed by atoms with Crippen LogP contribution in [-0.4, -0.2) is 71.6 Å². The number of piperazine rings is 1. The van der Waals surface area contributed by atoms with Crippen molar-refractivity contribution in [3.05, 3.63) is 35.9 Å². The van der Waals surface area contributed by atoms with Gasteiger partial charge in [0.2, 0.25) is 0 Å². The predicted octanol–water partition coefficient (Wildman–Crippen LogP) is 2.15. The molecule has 1 aromatic rings. The quantitative estimate of drug-likeness (QED) is 0.909. The maximum Gasteiger partial charge on any atom is 0.0360 e. The zero-order chi connectivity index (χ0) is 17.3. The van der Waals surface area contributed by atoms with Gasteiger partial charge in [-0.3, -0.25) is 14.7 Å². The third-order valence-corrected chi connectivity index (χ3v) is 6.96. The Balaban J connectivity index is 1.40. The topological polar surface area (TPSA) is 35.7 Å². The van der Waals surface area contributed by atoms with E-state index in [-0.39, 0.29) is 5.54 Å². The first kappa shape index (κ1) is 17.5. The molecule has 4 rings (SSSR count). The first-order valence-electron chi connectivity index (χ1n) is 10.2. The molecule has 0 aromatic heterocycles. The van der Waals surface area contributed by atoms with Crippen molar-refractivity contribution in [2.45, 2.75) is 56.8 Å². The third kappa shape index (κ3) is 3.50. The van der Waals surface area contributed by atoms with Gasteiger partial charge in [0.15, 0.2) is 0 Å². The first-order chi connectivity index (χ1) is 12.2. The number of likely N-dealkylation sites (tertiary alicyclic amines) is 1. The van der Waals surface area contributed by atoms with Crippen LogP contribution < -0.4 is 5.73 Å². The van der Waals surface area contributed by atoms with Crippen LogP contribution in [-0.2, 0) is 6.54 Å². The van der Waals surface area contributed by atoms with E-state index in [1.54, 1.807) is 0 Å². The third-order valence-electron chi connectivity index (χ3n) is 6.96. The summed E-state index contributed by atoms with van der Waals surface area (Å²) in [6, 6.07) is 12.3. The van der Waals surface area contributed by atoms with Gasteiger partial charge in [0.1, 0.15) is 0 Å². The number of nitrogens with zero attached hydrogens (tertiary/aromatic N) is 3. The molecule has 25 heavy (non-hydrogen) atoms. The lowest BCUT2D eigenvalue weighted by atomic mass is 9.83. The minimum absolute atomic E-state index is 0.223. The second-order valence-corrected chi connectivity index (χ2v) is 8.48. The molecule has 2 atom stereocenters. The number of benzene rings is 1. The van der Waals surface area contributed by atoms with Crippen molar-refractivity contribution in [3.8, 4) is 0 Å². The van der Waals surface area contributed by atoms with Crippen molar-refractivity contribution in [1.82, 2.24) is 14.7 Å². The van der Waals surface area contributed by atoms with Crippen molar-refractivity contribution >= 4 is 0 Å². The minimum atomic E-state index is 0.223. The van der Waals surface area contributed by atoms with Crippen molar-refractivity contribution in [2.24, 2.45) is 5.73 Å². The van der Waals surface area contributed by atoms with Crippen LogP contribution in [0.2, 0.25) is 0 Å². The molecule has 4 nitrogen and oxygen atoms in total. The normalized spacial score (nSPS) is 31.1. The van der Waals surface area contributed by atoms with Gasteiger partial charge in [-0.05, 0) is 44.7 Å². The fourth-order valence-corrected chi connectivity index (χ4v) is 5.43. The van der Waals surface area contributed by atoms with Crippen molar-refractivity contribution < 1.29 is 0 Å². The summed E-state index contributed by atoms with van der Waals surface area (Å²) in [6.45, 7) is 10.4. The molecule has 0 saturated carbocycles. The van der Waals surface area contributed by atoms with Crippen LogP contribution in [0.1, 0.15) is 38.2 Å². The molecule has 138 valence electrons. The Kier molecular flexibility index (Phi) is 5.14. The summed E-state index contributed by atoms with van der Waals surface area (Å²) in [5.41, 5.74) is 8.04. The van der Waals surface area contributed by atoms with E-state index < -0.39 is 0 Å². The standard InChI is InChI=1S/C21H34N4/c1-18-14-24-11-5-8-20(24)16-25(18)21(17-22)9-12-23(13-10-21)15-19-6-3-2-4-7-19/h2-4,6-7,18,20H,5,8-17,22H2,1H3. The highest BCUT2D eigenvalue weighted by Crippen LogP contribution is 2.35. The van der Waals surface area contributed by atoms with Gasteiger partial charge in [0.25, 0.3) is 0 Å². The Morgan fingerprint density at radius 3 is 2.56 bits per heavy atom. The number of rotatable bonds is 4. The highest BCUT2D eigenvalue weighted by molar-refractivity contribution is 5.15. The van der Waals surface area contributed by atoms with Gasteiger partial charge >= 0.3 is 0 Å². The van der Waals surface area contributed by atoms with Gasteiger partial charge in [0.05, 0.1) is 0 Å². The maximum absolute atomic E-state index is 6.39. The Morgan fingerprint density at radius 1 is 1.08 bits per heavy atom. The number of nitrogens with two attached hydrogens (primary N) is 1. The maximum atomic E-state index is 6.39. The Morgan fingerprint density at radius 2 is 1.84 bits per heavy atom. The summed E-state index contributed by atoms with van der Waals surface area (Å²) in [7, 11) is 0. The van der Waals surface area contributed by atoms with Gasteiger partial charge in [-0.2, -0.15) is 0 Å². The van der Waals surface area contributed by atoms with E-state index >= 15 is 0 Å². The molecule has 0 amide bonds. The van der Waals surface area contributed by atoms with E-state index in [9.17, 15) is 0 Å². The zero-order valence-corrected chi connectivity index (χ0v) is 15.7. The summed E-state index contributed by atoms with van der Waals surface area (Å²) in [5, 5.41) is 0. The van der Waals surface area contributed by atoms with Gasteiger partial charge < -0.3 is 5.73 Å². The van der Waals surface area contributed by atoms with Crippen LogP contribution in [0, 0.1) is 0 Å². The molecule has 3 aliphatic rings. The van der Waals surface area contributed by atoms with E-state index in [4.69, 9.17) is 5.73 Å². The average molecular weight is 343 g/mol. The molecule has 2 N–H and O–H groups in total. The molecule has 3 saturated heterocycles. The molecule has 0 spiro atoms. The fraction of sp³-hybridized carbons (Fsp3) is 0.714. The number of hydrogen-bond acceptors (Lipinski definition) is 4. The van der Waals surface area contributed by atoms with Gasteiger partial charge in [0, 0.05) is 56.9 Å². The van der Waals surface area contributed by atoms with E-state index in [0.29, 0.717) is 6.04 Å². The summed E-state index contributed by atoms with van der Waals surface area (Å²) < 4.78 is 0. The van der Waals surface area contributed by atoms with E-state index in [1.165, 1.54) is 64.0 Å². The molecular weight excluding hydrogens is 308 g/mol. The van der Waals surface area contributed by atoms with Gasteiger partial charge in [-0.25, -0.2) is 0 Å². The van der Waals surface area contributed by atoms with E-state index in [0.717, 1.165) is 19.1 Å². The SMILES string of the molecule is CC1CN2CCCC2CN1C1(CN)CCN(Cc2ccccc2)CC1. The molecule has 0 aliphatic carbocycles. The fourth-order valence-electron chi connectivity index (χ4n) is 5.43. The molecule has 4 heteroatoms. The highest BCUT2D eigenvalue weighted by atomic mass is 15.4. The van der Waals surface area contributed by atoms with E-state index in [2.05, 4.69) is 52.0 Å². The summed E-state index contributed by atoms with van der Waals surface area (Å²) in [6.07, 6.45) is 5.19. The van der Waals surface area contributed by atoms with Crippen molar-refractivity contribution in [3.63, 3.8) is 0 Å². The van der Waals surface area contributed by atoms with Crippen LogP contribution in [0.15, 0.2) is 30.3 Å². The highest BCUT2D eigenvalue weighted by Gasteiger charge is 2.45. The summed E-state index contributed by atoms with van der Waals surface area (Å²) >= 11 is 0. The molecule has 2 unspecified atom stereocenters. The smallest absolute Gasteiger partial charge is 0.0360 e. The van der Waals surface area contributed by atoms with Gasteiger partial charge in [-0.15, -0.1) is 0 Å². The number of piperidine rings is 1. The van der Waals surface area contributed by atoms with Crippen LogP contribution >= 0.6 is 0 Å². The van der Waals surface area contributed by atoms with Crippen LogP contribution in [0.5, 0.6) is 0 Å². The minimum Gasteiger partial charge on any atom is -0.329 e. The lowest BCUT2D eigenvalue weighted by molar-refractivity contribution is -0.0499. The molecule has 3 aliphatic heterocycles. The molecular formula is C21H34N4. The van der Waals surface area contributed by atoms with Crippen LogP contribution in [0.25, 0.3) is 0 Å². The van der Waals surface area contributed by atoms with Crippen molar-refractivity contribution in [2.75, 3.05) is 39.3 Å². The summed E-state index contributed by atoms with van der Waals surface area (Å²) in [5.74, 6) is 0. The molecule has 3 heterocycles. The molecule has 1 aromatic carbocycles. The van der Waals surface area contributed by atoms with Crippen LogP contribution in [0.3, 0.4) is 0 Å². The Labute approximate surface area is 153 Å². The van der Waals surface area contributed by atoms with Gasteiger partial charge in [-0.1, -0.05) is 30.3 Å². The second-order valence-electron chi connectivity index (χ2n) is 8.48. The van der Waals surface area contributed by atoms with Crippen molar-refractivity contribution in [1.29, 1.82) is 0 Å². The van der Waals surface area contributed by atoms with E-state index in [1.807, 2.05) is 0 Å². The Bertz CT molecular complexity index is 552.